The molecule has 0 fully saturated rings. The highest BCUT2D eigenvalue weighted by atomic mass is 16.3. The summed E-state index contributed by atoms with van der Waals surface area (Å²) in [6.45, 7) is 5.55. The molecular formula is C10H19N5O. The van der Waals surface area contributed by atoms with Crippen LogP contribution in [-0.2, 0) is 0 Å². The van der Waals surface area contributed by atoms with Crippen molar-refractivity contribution in [3.05, 3.63) is 11.8 Å². The van der Waals surface area contributed by atoms with Gasteiger partial charge in [0, 0.05) is 24.8 Å². The number of nitrogens with two attached hydrogens (primary N) is 1. The van der Waals surface area contributed by atoms with Gasteiger partial charge in [0.25, 0.3) is 0 Å². The lowest BCUT2D eigenvalue weighted by Gasteiger charge is -2.23. The number of nitrogen functional groups attached to an aromatic ring is 1. The first-order chi connectivity index (χ1) is 7.72. The Bertz CT molecular complexity index is 325. The van der Waals surface area contributed by atoms with E-state index in [2.05, 4.69) is 22.3 Å². The van der Waals surface area contributed by atoms with Crippen LogP contribution >= 0.6 is 0 Å². The van der Waals surface area contributed by atoms with Gasteiger partial charge in [-0.15, -0.1) is 0 Å². The minimum Gasteiger partial charge on any atom is -0.395 e. The molecule has 1 aromatic heterocycles. The van der Waals surface area contributed by atoms with Crippen LogP contribution in [0.15, 0.2) is 6.20 Å². The zero-order chi connectivity index (χ0) is 12.0. The molecule has 0 aromatic carbocycles. The highest BCUT2D eigenvalue weighted by molar-refractivity contribution is 5.48. The molecule has 0 aliphatic heterocycles. The third-order valence-electron chi connectivity index (χ3n) is 2.24. The topological polar surface area (TPSA) is 87.3 Å². The fourth-order valence-electron chi connectivity index (χ4n) is 1.54. The molecule has 6 nitrogen and oxygen atoms in total. The summed E-state index contributed by atoms with van der Waals surface area (Å²) in [6, 6.07) is 0. The summed E-state index contributed by atoms with van der Waals surface area (Å²) in [5.74, 6) is 6.48. The normalized spacial score (nSPS) is 10.2. The maximum atomic E-state index is 9.02. The Hall–Kier alpha value is -1.40. The average Bonchev–Trinajstić information content (AvgIpc) is 2.29. The summed E-state index contributed by atoms with van der Waals surface area (Å²) in [4.78, 5) is 10.3. The molecule has 16 heavy (non-hydrogen) atoms. The summed E-state index contributed by atoms with van der Waals surface area (Å²) in [5.41, 5.74) is 3.40. The van der Waals surface area contributed by atoms with Crippen molar-refractivity contribution in [1.82, 2.24) is 9.97 Å². The smallest absolute Gasteiger partial charge is 0.239 e. The van der Waals surface area contributed by atoms with Crippen LogP contribution in [0, 0.1) is 6.92 Å². The Morgan fingerprint density at radius 1 is 1.50 bits per heavy atom. The van der Waals surface area contributed by atoms with Gasteiger partial charge in [0.1, 0.15) is 5.82 Å². The lowest BCUT2D eigenvalue weighted by molar-refractivity contribution is 0.301. The van der Waals surface area contributed by atoms with Crippen molar-refractivity contribution in [2.75, 3.05) is 30.0 Å². The van der Waals surface area contributed by atoms with E-state index in [1.165, 1.54) is 0 Å². The minimum absolute atomic E-state index is 0.106. The van der Waals surface area contributed by atoms with E-state index in [4.69, 9.17) is 10.9 Å². The molecule has 1 aromatic rings. The first-order valence-electron chi connectivity index (χ1n) is 5.39. The molecule has 90 valence electrons. The van der Waals surface area contributed by atoms with E-state index in [0.717, 1.165) is 24.3 Å². The van der Waals surface area contributed by atoms with Crippen LogP contribution in [0.5, 0.6) is 0 Å². The van der Waals surface area contributed by atoms with Crippen molar-refractivity contribution in [3.63, 3.8) is 0 Å². The average molecular weight is 225 g/mol. The van der Waals surface area contributed by atoms with Gasteiger partial charge < -0.3 is 10.0 Å². The quantitative estimate of drug-likeness (QED) is 0.476. The van der Waals surface area contributed by atoms with E-state index < -0.39 is 0 Å². The summed E-state index contributed by atoms with van der Waals surface area (Å²) < 4.78 is 0. The van der Waals surface area contributed by atoms with Crippen LogP contribution in [0.25, 0.3) is 0 Å². The SMILES string of the molecule is CCCN(CCO)c1nc(NN)ncc1C. The van der Waals surface area contributed by atoms with Gasteiger partial charge >= 0.3 is 0 Å². The number of hydrogen-bond donors (Lipinski definition) is 3. The molecule has 0 radical (unpaired) electrons. The van der Waals surface area contributed by atoms with E-state index in [1.807, 2.05) is 11.8 Å². The van der Waals surface area contributed by atoms with Crippen molar-refractivity contribution in [2.24, 2.45) is 5.84 Å². The minimum atomic E-state index is 0.106. The number of anilines is 2. The molecule has 0 saturated heterocycles. The predicted molar refractivity (Wildman–Crippen MR) is 64.2 cm³/mol. The highest BCUT2D eigenvalue weighted by Crippen LogP contribution is 2.17. The largest absolute Gasteiger partial charge is 0.395 e. The van der Waals surface area contributed by atoms with Gasteiger partial charge in [0.05, 0.1) is 6.61 Å². The number of nitrogens with one attached hydrogen (secondary N) is 1. The van der Waals surface area contributed by atoms with Crippen LogP contribution in [0.1, 0.15) is 18.9 Å². The molecule has 0 aliphatic rings. The van der Waals surface area contributed by atoms with Crippen LogP contribution in [0.3, 0.4) is 0 Å². The van der Waals surface area contributed by atoms with Gasteiger partial charge in [-0.05, 0) is 13.3 Å². The molecule has 0 aliphatic carbocycles. The summed E-state index contributed by atoms with van der Waals surface area (Å²) in [6.07, 6.45) is 2.71. The molecule has 0 spiro atoms. The molecule has 0 saturated carbocycles. The van der Waals surface area contributed by atoms with Gasteiger partial charge in [0.2, 0.25) is 5.95 Å². The van der Waals surface area contributed by atoms with E-state index in [9.17, 15) is 0 Å². The highest BCUT2D eigenvalue weighted by Gasteiger charge is 2.10. The second-order valence-corrected chi connectivity index (χ2v) is 3.56. The third-order valence-corrected chi connectivity index (χ3v) is 2.24. The Kier molecular flexibility index (Phi) is 4.94. The van der Waals surface area contributed by atoms with Crippen molar-refractivity contribution >= 4 is 11.8 Å². The number of hydrogen-bond acceptors (Lipinski definition) is 6. The monoisotopic (exact) mass is 225 g/mol. The maximum absolute atomic E-state index is 9.02. The number of aliphatic hydroxyl groups is 1. The second kappa shape index (κ2) is 6.24. The predicted octanol–water partition coefficient (Wildman–Crippen LogP) is 0.279. The molecule has 0 unspecified atom stereocenters. The standard InChI is InChI=1S/C10H19N5O/c1-3-4-15(5-6-16)9-8(2)7-12-10(13-9)14-11/h7,16H,3-6,11H2,1-2H3,(H,12,13,14). The van der Waals surface area contributed by atoms with Crippen molar-refractivity contribution in [1.29, 1.82) is 0 Å². The van der Waals surface area contributed by atoms with E-state index >= 15 is 0 Å². The van der Waals surface area contributed by atoms with Crippen LogP contribution in [0.4, 0.5) is 11.8 Å². The molecule has 0 bridgehead atoms. The van der Waals surface area contributed by atoms with Crippen molar-refractivity contribution < 1.29 is 5.11 Å². The van der Waals surface area contributed by atoms with Crippen molar-refractivity contribution in [2.45, 2.75) is 20.3 Å². The number of aromatic nitrogens is 2. The Labute approximate surface area is 95.5 Å². The molecule has 0 atom stereocenters. The van der Waals surface area contributed by atoms with Gasteiger partial charge in [-0.2, -0.15) is 4.98 Å². The van der Waals surface area contributed by atoms with Crippen molar-refractivity contribution in [3.8, 4) is 0 Å². The van der Waals surface area contributed by atoms with E-state index in [0.29, 0.717) is 12.5 Å². The molecule has 4 N–H and O–H groups in total. The van der Waals surface area contributed by atoms with Crippen LogP contribution < -0.4 is 16.2 Å². The fraction of sp³-hybridized carbons (Fsp3) is 0.600. The summed E-state index contributed by atoms with van der Waals surface area (Å²) in [7, 11) is 0. The fourth-order valence-corrected chi connectivity index (χ4v) is 1.54. The first-order valence-corrected chi connectivity index (χ1v) is 5.39. The first kappa shape index (κ1) is 12.7. The van der Waals surface area contributed by atoms with E-state index in [1.54, 1.807) is 6.20 Å². The molecule has 1 heterocycles. The number of hydrazine groups is 1. The number of nitrogens with zero attached hydrogens (tertiary/aromatic N) is 3. The lowest BCUT2D eigenvalue weighted by Crippen LogP contribution is -2.29. The Morgan fingerprint density at radius 3 is 2.81 bits per heavy atom. The van der Waals surface area contributed by atoms with Crippen LogP contribution in [-0.4, -0.2) is 34.8 Å². The third kappa shape index (κ3) is 3.04. The number of aryl methyl sites for hydroxylation is 1. The van der Waals surface area contributed by atoms with Gasteiger partial charge in [-0.3, -0.25) is 5.43 Å². The molecule has 1 rings (SSSR count). The lowest BCUT2D eigenvalue weighted by atomic mass is 10.3. The maximum Gasteiger partial charge on any atom is 0.239 e. The zero-order valence-corrected chi connectivity index (χ0v) is 9.77. The van der Waals surface area contributed by atoms with Gasteiger partial charge in [-0.25, -0.2) is 10.8 Å². The molecular weight excluding hydrogens is 206 g/mol. The zero-order valence-electron chi connectivity index (χ0n) is 9.77. The Morgan fingerprint density at radius 2 is 2.25 bits per heavy atom. The van der Waals surface area contributed by atoms with Gasteiger partial charge in [0.15, 0.2) is 0 Å². The summed E-state index contributed by atoms with van der Waals surface area (Å²) >= 11 is 0. The molecule has 6 heteroatoms. The number of aliphatic hydroxyl groups excluding tert-OH is 1. The number of rotatable bonds is 6. The molecule has 0 amide bonds. The summed E-state index contributed by atoms with van der Waals surface area (Å²) in [5, 5.41) is 9.02. The Balaban J connectivity index is 2.96. The van der Waals surface area contributed by atoms with E-state index in [-0.39, 0.29) is 6.61 Å². The van der Waals surface area contributed by atoms with Crippen LogP contribution in [0.2, 0.25) is 0 Å². The second-order valence-electron chi connectivity index (χ2n) is 3.56. The van der Waals surface area contributed by atoms with Gasteiger partial charge in [-0.1, -0.05) is 6.92 Å².